The van der Waals surface area contributed by atoms with E-state index in [1.54, 1.807) is 18.2 Å². The van der Waals surface area contributed by atoms with Crippen molar-refractivity contribution >= 4 is 5.57 Å². The zero-order valence-corrected chi connectivity index (χ0v) is 18.5. The lowest BCUT2D eigenvalue weighted by molar-refractivity contribution is 0.475. The maximum absolute atomic E-state index is 9.57. The van der Waals surface area contributed by atoms with E-state index in [2.05, 4.69) is 31.7 Å². The first-order chi connectivity index (χ1) is 13.1. The third-order valence-electron chi connectivity index (χ3n) is 3.55. The van der Waals surface area contributed by atoms with Gasteiger partial charge in [-0.05, 0) is 67.7 Å². The van der Waals surface area contributed by atoms with Gasteiger partial charge in [-0.15, -0.1) is 0 Å². The van der Waals surface area contributed by atoms with Crippen LogP contribution in [-0.4, -0.2) is 5.11 Å². The van der Waals surface area contributed by atoms with E-state index < -0.39 is 0 Å². The Balaban J connectivity index is 0. The van der Waals surface area contributed by atoms with Crippen LogP contribution < -0.4 is 0 Å². The summed E-state index contributed by atoms with van der Waals surface area (Å²) in [5.41, 5.74) is 5.66. The number of hydrogen-bond acceptors (Lipinski definition) is 1. The molecule has 27 heavy (non-hydrogen) atoms. The molecule has 0 bridgehead atoms. The molecule has 0 aromatic heterocycles. The van der Waals surface area contributed by atoms with Gasteiger partial charge in [0.05, 0.1) is 0 Å². The topological polar surface area (TPSA) is 20.2 Å². The summed E-state index contributed by atoms with van der Waals surface area (Å²) in [6.45, 7) is 20.0. The molecular weight excluding hydrogens is 328 g/mol. The minimum Gasteiger partial charge on any atom is -0.508 e. The molecule has 148 valence electrons. The average Bonchev–Trinajstić information content (AvgIpc) is 2.71. The fourth-order valence-corrected chi connectivity index (χ4v) is 2.49. The molecule has 0 amide bonds. The molecule has 0 saturated heterocycles. The van der Waals surface area contributed by atoms with Crippen LogP contribution in [0, 0.1) is 0 Å². The van der Waals surface area contributed by atoms with Crippen molar-refractivity contribution in [3.05, 3.63) is 95.7 Å². The van der Waals surface area contributed by atoms with Crippen molar-refractivity contribution in [2.24, 2.45) is 0 Å². The fourth-order valence-electron chi connectivity index (χ4n) is 2.49. The highest BCUT2D eigenvalue weighted by atomic mass is 16.3. The van der Waals surface area contributed by atoms with E-state index in [0.717, 1.165) is 22.3 Å². The summed E-state index contributed by atoms with van der Waals surface area (Å²) >= 11 is 0. The summed E-state index contributed by atoms with van der Waals surface area (Å²) in [5.74, 6) is 0.272. The number of rotatable bonds is 6. The van der Waals surface area contributed by atoms with Crippen LogP contribution >= 0.6 is 0 Å². The first-order valence-electron chi connectivity index (χ1n) is 9.84. The van der Waals surface area contributed by atoms with Crippen LogP contribution in [0.4, 0.5) is 0 Å². The van der Waals surface area contributed by atoms with Gasteiger partial charge >= 0.3 is 0 Å². The van der Waals surface area contributed by atoms with Crippen LogP contribution in [0.1, 0.15) is 61.0 Å². The first-order valence-corrected chi connectivity index (χ1v) is 9.84. The molecule has 0 unspecified atom stereocenters. The number of phenols is 1. The van der Waals surface area contributed by atoms with Gasteiger partial charge < -0.3 is 5.11 Å². The molecule has 1 N–H and O–H groups in total. The molecule has 0 spiro atoms. The molecule has 1 nitrogen and oxygen atoms in total. The molecule has 0 aliphatic rings. The summed E-state index contributed by atoms with van der Waals surface area (Å²) in [7, 11) is 0. The van der Waals surface area contributed by atoms with Gasteiger partial charge in [0.2, 0.25) is 0 Å². The van der Waals surface area contributed by atoms with Crippen LogP contribution in [-0.2, 0) is 0 Å². The molecule has 0 aliphatic heterocycles. The van der Waals surface area contributed by atoms with Gasteiger partial charge in [0.15, 0.2) is 0 Å². The SMILES string of the molecule is C=C/C=C(\C=C/C)C(/C)=C(C(/C=C\C)=C/C)\c1ccc(O)cc1.CC.CC. The third kappa shape index (κ3) is 9.10. The number of allylic oxidation sites excluding steroid dienone is 11. The van der Waals surface area contributed by atoms with E-state index in [0.29, 0.717) is 0 Å². The van der Waals surface area contributed by atoms with Gasteiger partial charge in [-0.25, -0.2) is 0 Å². The van der Waals surface area contributed by atoms with Crippen molar-refractivity contribution in [2.75, 3.05) is 0 Å². The fraction of sp³-hybridized carbons (Fsp3) is 0.308. The second kappa shape index (κ2) is 16.9. The maximum Gasteiger partial charge on any atom is 0.115 e. The Labute approximate surface area is 167 Å². The highest BCUT2D eigenvalue weighted by Crippen LogP contribution is 2.32. The zero-order valence-electron chi connectivity index (χ0n) is 18.5. The van der Waals surface area contributed by atoms with Gasteiger partial charge in [-0.2, -0.15) is 0 Å². The highest BCUT2D eigenvalue weighted by Gasteiger charge is 2.11. The van der Waals surface area contributed by atoms with Gasteiger partial charge in [-0.3, -0.25) is 0 Å². The molecule has 1 aromatic carbocycles. The molecular formula is C26H38O. The molecule has 1 heteroatoms. The monoisotopic (exact) mass is 366 g/mol. The van der Waals surface area contributed by atoms with Crippen LogP contribution in [0.15, 0.2) is 90.1 Å². The molecule has 1 aromatic rings. The molecule has 0 fully saturated rings. The second-order valence-electron chi connectivity index (χ2n) is 5.15. The Morgan fingerprint density at radius 3 is 1.74 bits per heavy atom. The van der Waals surface area contributed by atoms with Crippen molar-refractivity contribution in [1.29, 1.82) is 0 Å². The van der Waals surface area contributed by atoms with Gasteiger partial charge in [-0.1, -0.05) is 88.9 Å². The van der Waals surface area contributed by atoms with E-state index in [-0.39, 0.29) is 5.75 Å². The summed E-state index contributed by atoms with van der Waals surface area (Å²) in [6.07, 6.45) is 14.2. The molecule has 1 rings (SSSR count). The van der Waals surface area contributed by atoms with Crippen molar-refractivity contribution in [2.45, 2.75) is 55.4 Å². The predicted molar refractivity (Wildman–Crippen MR) is 125 cm³/mol. The van der Waals surface area contributed by atoms with E-state index in [1.165, 1.54) is 5.57 Å². The third-order valence-corrected chi connectivity index (χ3v) is 3.55. The van der Waals surface area contributed by atoms with Crippen molar-refractivity contribution < 1.29 is 5.11 Å². The Kier molecular flexibility index (Phi) is 16.7. The first kappa shape index (κ1) is 26.7. The minimum absolute atomic E-state index is 0.272. The molecule has 0 heterocycles. The van der Waals surface area contributed by atoms with Gasteiger partial charge in [0.25, 0.3) is 0 Å². The van der Waals surface area contributed by atoms with E-state index in [4.69, 9.17) is 0 Å². The van der Waals surface area contributed by atoms with Crippen molar-refractivity contribution in [1.82, 2.24) is 0 Å². The summed E-state index contributed by atoms with van der Waals surface area (Å²) in [4.78, 5) is 0. The molecule has 0 radical (unpaired) electrons. The normalized spacial score (nSPS) is 12.7. The summed E-state index contributed by atoms with van der Waals surface area (Å²) < 4.78 is 0. The Hall–Kier alpha value is -2.54. The smallest absolute Gasteiger partial charge is 0.115 e. The second-order valence-corrected chi connectivity index (χ2v) is 5.15. The Morgan fingerprint density at radius 1 is 0.852 bits per heavy atom. The number of phenolic OH excluding ortho intramolecular Hbond substituents is 1. The van der Waals surface area contributed by atoms with Crippen molar-refractivity contribution in [3.8, 4) is 5.75 Å². The maximum atomic E-state index is 9.57. The van der Waals surface area contributed by atoms with Crippen LogP contribution in [0.3, 0.4) is 0 Å². The summed E-state index contributed by atoms with van der Waals surface area (Å²) in [6, 6.07) is 7.33. The van der Waals surface area contributed by atoms with Crippen LogP contribution in [0.2, 0.25) is 0 Å². The van der Waals surface area contributed by atoms with Crippen LogP contribution in [0.5, 0.6) is 5.75 Å². The lowest BCUT2D eigenvalue weighted by Gasteiger charge is -2.15. The Morgan fingerprint density at radius 2 is 1.33 bits per heavy atom. The van der Waals surface area contributed by atoms with E-state index in [1.807, 2.05) is 78.8 Å². The van der Waals surface area contributed by atoms with E-state index >= 15 is 0 Å². The predicted octanol–water partition coefficient (Wildman–Crippen LogP) is 8.43. The quantitative estimate of drug-likeness (QED) is 0.501. The van der Waals surface area contributed by atoms with Crippen molar-refractivity contribution in [3.63, 3.8) is 0 Å². The number of aromatic hydroxyl groups is 1. The molecule has 0 saturated carbocycles. The highest BCUT2D eigenvalue weighted by molar-refractivity contribution is 5.86. The Bertz CT molecular complexity index is 677. The van der Waals surface area contributed by atoms with Crippen LogP contribution in [0.25, 0.3) is 5.57 Å². The summed E-state index contributed by atoms with van der Waals surface area (Å²) in [5, 5.41) is 9.57. The van der Waals surface area contributed by atoms with E-state index in [9.17, 15) is 5.11 Å². The lowest BCUT2D eigenvalue weighted by atomic mass is 9.89. The lowest BCUT2D eigenvalue weighted by Crippen LogP contribution is -1.95. The number of benzene rings is 1. The van der Waals surface area contributed by atoms with Gasteiger partial charge in [0, 0.05) is 0 Å². The molecule has 0 aliphatic carbocycles. The minimum atomic E-state index is 0.272. The zero-order chi connectivity index (χ0) is 21.2. The van der Waals surface area contributed by atoms with Gasteiger partial charge in [0.1, 0.15) is 5.75 Å². The standard InChI is InChI=1S/C22H26O.2C2H6/c1-6-10-18(9-4)22(20-13-15-21(23)16-14-20)17(5)19(11-7-2)12-8-3;2*1-2/h6-16,23H,2H2,1,3-5H3;2*1-2H3/b10-6-,12-8-,18-9+,19-11+,22-17-;;. The molecule has 0 atom stereocenters. The number of hydrogen-bond donors (Lipinski definition) is 1. The average molecular weight is 367 g/mol. The largest absolute Gasteiger partial charge is 0.508 e.